The molecule has 0 radical (unpaired) electrons. The van der Waals surface area contributed by atoms with Gasteiger partial charge in [0.2, 0.25) is 0 Å². The molecule has 28 heavy (non-hydrogen) atoms. The smallest absolute Gasteiger partial charge is 0.174 e. The predicted octanol–water partition coefficient (Wildman–Crippen LogP) is 3.61. The Morgan fingerprint density at radius 2 is 1.93 bits per heavy atom. The number of methoxy groups -OCH3 is 2. The molecule has 144 valence electrons. The summed E-state index contributed by atoms with van der Waals surface area (Å²) in [5.41, 5.74) is 2.94. The van der Waals surface area contributed by atoms with Crippen LogP contribution in [-0.2, 0) is 7.05 Å². The summed E-state index contributed by atoms with van der Waals surface area (Å²) in [6.45, 7) is 0. The molecule has 0 bridgehead atoms. The van der Waals surface area contributed by atoms with Gasteiger partial charge in [-0.05, 0) is 48.6 Å². The number of ether oxygens (including phenoxy) is 2. The first-order chi connectivity index (χ1) is 13.6. The molecule has 4 rings (SSSR count). The van der Waals surface area contributed by atoms with Crippen LogP contribution in [-0.4, -0.2) is 28.9 Å². The molecule has 0 aliphatic carbocycles. The number of benzene rings is 1. The van der Waals surface area contributed by atoms with Crippen LogP contribution in [0.5, 0.6) is 11.5 Å². The fourth-order valence-corrected chi connectivity index (χ4v) is 4.02. The number of aromatic nitrogens is 2. The maximum atomic E-state index is 5.75. The Bertz CT molecular complexity index is 989. The van der Waals surface area contributed by atoms with Gasteiger partial charge < -0.3 is 24.3 Å². The maximum absolute atomic E-state index is 5.75. The molecular weight excluding hydrogens is 372 g/mol. The molecule has 1 fully saturated rings. The Hall–Kier alpha value is -3.06. The molecule has 3 aromatic rings. The van der Waals surface area contributed by atoms with Gasteiger partial charge in [-0.25, -0.2) is 0 Å². The number of thiocarbonyl (C=S) groups is 1. The quantitative estimate of drug-likeness (QED) is 0.667. The number of hydrogen-bond acceptors (Lipinski definition) is 4. The molecule has 0 amide bonds. The first-order valence-electron chi connectivity index (χ1n) is 8.98. The minimum absolute atomic E-state index is 0.0790. The Morgan fingerprint density at radius 1 is 1.07 bits per heavy atom. The van der Waals surface area contributed by atoms with Crippen LogP contribution in [0.3, 0.4) is 0 Å². The van der Waals surface area contributed by atoms with Crippen LogP contribution in [0, 0.1) is 0 Å². The molecule has 1 aliphatic rings. The van der Waals surface area contributed by atoms with Crippen molar-refractivity contribution in [2.24, 2.45) is 7.05 Å². The normalized spacial score (nSPS) is 18.8. The van der Waals surface area contributed by atoms with E-state index in [1.807, 2.05) is 55.7 Å². The van der Waals surface area contributed by atoms with Crippen molar-refractivity contribution in [3.05, 3.63) is 72.3 Å². The van der Waals surface area contributed by atoms with E-state index in [2.05, 4.69) is 25.8 Å². The average molecular weight is 395 g/mol. The highest BCUT2D eigenvalue weighted by molar-refractivity contribution is 7.80. The summed E-state index contributed by atoms with van der Waals surface area (Å²) in [6, 6.07) is 15.7. The zero-order valence-corrected chi connectivity index (χ0v) is 16.8. The van der Waals surface area contributed by atoms with E-state index in [-0.39, 0.29) is 12.1 Å². The van der Waals surface area contributed by atoms with Gasteiger partial charge in [0, 0.05) is 31.2 Å². The fraction of sp³-hybridized carbons (Fsp3) is 0.238. The SMILES string of the molecule is COc1ccc(N2C(=S)N[C@@H](c3ccccn3)[C@@H]2c2cccn2C)c(OC)c1. The second kappa shape index (κ2) is 7.52. The van der Waals surface area contributed by atoms with Gasteiger partial charge in [0.15, 0.2) is 5.11 Å². The Labute approximate surface area is 169 Å². The molecule has 1 aromatic carbocycles. The highest BCUT2D eigenvalue weighted by Crippen LogP contribution is 2.45. The monoisotopic (exact) mass is 394 g/mol. The predicted molar refractivity (Wildman–Crippen MR) is 113 cm³/mol. The number of hydrogen-bond donors (Lipinski definition) is 1. The zero-order chi connectivity index (χ0) is 19.7. The lowest BCUT2D eigenvalue weighted by Crippen LogP contribution is -2.30. The summed E-state index contributed by atoms with van der Waals surface area (Å²) < 4.78 is 13.1. The molecule has 1 N–H and O–H groups in total. The molecule has 1 saturated heterocycles. The van der Waals surface area contributed by atoms with Gasteiger partial charge in [0.25, 0.3) is 0 Å². The first-order valence-corrected chi connectivity index (χ1v) is 9.38. The van der Waals surface area contributed by atoms with Crippen molar-refractivity contribution in [2.45, 2.75) is 12.1 Å². The van der Waals surface area contributed by atoms with E-state index in [0.29, 0.717) is 10.9 Å². The second-order valence-electron chi connectivity index (χ2n) is 6.58. The van der Waals surface area contributed by atoms with Crippen molar-refractivity contribution in [3.63, 3.8) is 0 Å². The number of aryl methyl sites for hydroxylation is 1. The molecule has 3 heterocycles. The van der Waals surface area contributed by atoms with Gasteiger partial charge in [-0.1, -0.05) is 6.07 Å². The van der Waals surface area contributed by atoms with Crippen LogP contribution in [0.4, 0.5) is 5.69 Å². The zero-order valence-electron chi connectivity index (χ0n) is 16.0. The Balaban J connectivity index is 1.86. The van der Waals surface area contributed by atoms with Crippen LogP contribution < -0.4 is 19.7 Å². The summed E-state index contributed by atoms with van der Waals surface area (Å²) in [7, 11) is 5.33. The van der Waals surface area contributed by atoms with Gasteiger partial charge in [-0.15, -0.1) is 0 Å². The van der Waals surface area contributed by atoms with Gasteiger partial charge in [0.05, 0.1) is 31.6 Å². The third-order valence-corrected chi connectivity index (χ3v) is 5.35. The van der Waals surface area contributed by atoms with Crippen molar-refractivity contribution < 1.29 is 9.47 Å². The molecule has 0 spiro atoms. The lowest BCUT2D eigenvalue weighted by atomic mass is 10.0. The van der Waals surface area contributed by atoms with E-state index in [1.165, 1.54) is 0 Å². The lowest BCUT2D eigenvalue weighted by Gasteiger charge is -2.29. The van der Waals surface area contributed by atoms with Crippen LogP contribution in [0.2, 0.25) is 0 Å². The number of pyridine rings is 1. The van der Waals surface area contributed by atoms with E-state index in [1.54, 1.807) is 20.4 Å². The van der Waals surface area contributed by atoms with Gasteiger partial charge in [-0.2, -0.15) is 0 Å². The molecule has 1 aliphatic heterocycles. The summed E-state index contributed by atoms with van der Waals surface area (Å²) >= 11 is 5.75. The number of rotatable bonds is 5. The number of nitrogens with zero attached hydrogens (tertiary/aromatic N) is 3. The van der Waals surface area contributed by atoms with Gasteiger partial charge >= 0.3 is 0 Å². The molecular formula is C21H22N4O2S. The minimum atomic E-state index is -0.0888. The lowest BCUT2D eigenvalue weighted by molar-refractivity contribution is 0.394. The summed E-state index contributed by atoms with van der Waals surface area (Å²) in [4.78, 5) is 6.67. The molecule has 6 nitrogen and oxygen atoms in total. The van der Waals surface area contributed by atoms with Crippen molar-refractivity contribution in [3.8, 4) is 11.5 Å². The molecule has 2 atom stereocenters. The maximum Gasteiger partial charge on any atom is 0.174 e. The van der Waals surface area contributed by atoms with E-state index >= 15 is 0 Å². The third kappa shape index (κ3) is 3.07. The fourth-order valence-electron chi connectivity index (χ4n) is 3.68. The third-order valence-electron chi connectivity index (χ3n) is 5.03. The van der Waals surface area contributed by atoms with Crippen LogP contribution >= 0.6 is 12.2 Å². The molecule has 0 saturated carbocycles. The van der Waals surface area contributed by atoms with Crippen LogP contribution in [0.1, 0.15) is 23.5 Å². The van der Waals surface area contributed by atoms with Crippen molar-refractivity contribution >= 4 is 23.0 Å². The van der Waals surface area contributed by atoms with Crippen molar-refractivity contribution in [1.29, 1.82) is 0 Å². The Kier molecular flexibility index (Phi) is 4.92. The van der Waals surface area contributed by atoms with Crippen LogP contribution in [0.15, 0.2) is 60.9 Å². The van der Waals surface area contributed by atoms with E-state index in [4.69, 9.17) is 21.7 Å². The average Bonchev–Trinajstić information content (AvgIpc) is 3.30. The van der Waals surface area contributed by atoms with Gasteiger partial charge in [0.1, 0.15) is 17.5 Å². The summed E-state index contributed by atoms with van der Waals surface area (Å²) in [6.07, 6.45) is 3.84. The summed E-state index contributed by atoms with van der Waals surface area (Å²) in [5, 5.41) is 4.09. The molecule has 7 heteroatoms. The number of anilines is 1. The second-order valence-corrected chi connectivity index (χ2v) is 6.97. The standard InChI is InChI=1S/C21H22N4O2S/c1-24-12-6-8-17(24)20-19(15-7-4-5-11-22-15)23-21(28)25(20)16-10-9-14(26-2)13-18(16)27-3/h4-13,19-20H,1-3H3,(H,23,28)/t19-,20-/m0/s1. The first kappa shape index (κ1) is 18.3. The topological polar surface area (TPSA) is 51.5 Å². The minimum Gasteiger partial charge on any atom is -0.497 e. The largest absolute Gasteiger partial charge is 0.497 e. The summed E-state index contributed by atoms with van der Waals surface area (Å²) in [5.74, 6) is 1.43. The van der Waals surface area contributed by atoms with Crippen molar-refractivity contribution in [2.75, 3.05) is 19.1 Å². The highest BCUT2D eigenvalue weighted by atomic mass is 32.1. The van der Waals surface area contributed by atoms with Crippen molar-refractivity contribution in [1.82, 2.24) is 14.9 Å². The Morgan fingerprint density at radius 3 is 2.57 bits per heavy atom. The molecule has 0 unspecified atom stereocenters. The highest BCUT2D eigenvalue weighted by Gasteiger charge is 2.42. The van der Waals surface area contributed by atoms with Crippen LogP contribution in [0.25, 0.3) is 0 Å². The van der Waals surface area contributed by atoms with E-state index < -0.39 is 0 Å². The van der Waals surface area contributed by atoms with E-state index in [9.17, 15) is 0 Å². The number of nitrogens with one attached hydrogen (secondary N) is 1. The van der Waals surface area contributed by atoms with Gasteiger partial charge in [-0.3, -0.25) is 4.98 Å². The molecule has 2 aromatic heterocycles. The van der Waals surface area contributed by atoms with E-state index in [0.717, 1.165) is 22.8 Å².